The number of rotatable bonds is 8. The molecule has 0 radical (unpaired) electrons. The smallest absolute Gasteiger partial charge is 0.294 e. The largest absolute Gasteiger partial charge is 0.503 e. The van der Waals surface area contributed by atoms with Crippen molar-refractivity contribution in [3.8, 4) is 17.0 Å². The summed E-state index contributed by atoms with van der Waals surface area (Å²) in [7, 11) is 0. The number of hydrogen-bond acceptors (Lipinski definition) is 6. The van der Waals surface area contributed by atoms with Crippen LogP contribution in [0.3, 0.4) is 0 Å². The maximum absolute atomic E-state index is 13.3. The normalized spacial score (nSPS) is 18.1. The first-order valence-corrected chi connectivity index (χ1v) is 11.5. The molecule has 2 aliphatic rings. The van der Waals surface area contributed by atoms with E-state index < -0.39 is 17.7 Å². The minimum Gasteiger partial charge on any atom is -0.503 e. The topological polar surface area (TPSA) is 92.9 Å². The van der Waals surface area contributed by atoms with Gasteiger partial charge >= 0.3 is 0 Å². The predicted molar refractivity (Wildman–Crippen MR) is 126 cm³/mol. The van der Waals surface area contributed by atoms with Crippen LogP contribution in [0.1, 0.15) is 38.3 Å². The first-order valence-electron chi connectivity index (χ1n) is 11.5. The van der Waals surface area contributed by atoms with Gasteiger partial charge in [0.05, 0.1) is 18.2 Å². The van der Waals surface area contributed by atoms with Crippen LogP contribution in [0.4, 0.5) is 5.69 Å². The lowest BCUT2D eigenvalue weighted by molar-refractivity contribution is -0.119. The van der Waals surface area contributed by atoms with E-state index in [1.54, 1.807) is 32.0 Å². The molecule has 1 N–H and O–H groups in total. The first-order chi connectivity index (χ1) is 16.5. The van der Waals surface area contributed by atoms with Crippen molar-refractivity contribution in [1.29, 1.82) is 0 Å². The van der Waals surface area contributed by atoms with Gasteiger partial charge in [-0.15, -0.1) is 0 Å². The van der Waals surface area contributed by atoms with Crippen molar-refractivity contribution in [1.82, 2.24) is 5.16 Å². The number of amides is 1. The molecule has 1 aliphatic heterocycles. The van der Waals surface area contributed by atoms with Crippen molar-refractivity contribution >= 4 is 17.4 Å². The molecule has 0 spiro atoms. The minimum atomic E-state index is -0.796. The zero-order valence-electron chi connectivity index (χ0n) is 19.1. The highest BCUT2D eigenvalue weighted by molar-refractivity contribution is 6.17. The SMILES string of the molecule is CC(C)C(=O)C1=C(O)C(=O)N(c2ccc(-c3ccon3)cc2)C1c1ccccc1OCC1CC1. The molecule has 7 heteroatoms. The van der Waals surface area contributed by atoms with Gasteiger partial charge in [-0.05, 0) is 37.0 Å². The highest BCUT2D eigenvalue weighted by Gasteiger charge is 2.45. The van der Waals surface area contributed by atoms with E-state index in [0.717, 1.165) is 18.4 Å². The van der Waals surface area contributed by atoms with Crippen LogP contribution in [0.15, 0.2) is 76.7 Å². The van der Waals surface area contributed by atoms with Crippen LogP contribution in [0.2, 0.25) is 0 Å². The lowest BCUT2D eigenvalue weighted by Crippen LogP contribution is -2.31. The molecule has 1 aromatic heterocycles. The predicted octanol–water partition coefficient (Wildman–Crippen LogP) is 5.26. The monoisotopic (exact) mass is 458 g/mol. The standard InChI is InChI=1S/C27H26N2O5/c1-16(2)25(30)23-24(20-5-3-4-6-22(20)33-15-17-7-8-17)29(27(32)26(23)31)19-11-9-18(10-12-19)21-13-14-34-28-21/h3-6,9-14,16-17,24,31H,7-8,15H2,1-2H3. The van der Waals surface area contributed by atoms with Gasteiger partial charge in [0.25, 0.3) is 5.91 Å². The molecule has 1 unspecified atom stereocenters. The molecule has 1 amide bonds. The third-order valence-electron chi connectivity index (χ3n) is 6.26. The number of Topliss-reactive ketones (excluding diaryl/α,β-unsaturated/α-hetero) is 1. The summed E-state index contributed by atoms with van der Waals surface area (Å²) >= 11 is 0. The molecule has 5 rings (SSSR count). The second kappa shape index (κ2) is 8.82. The number of benzene rings is 2. The van der Waals surface area contributed by atoms with Crippen LogP contribution in [-0.2, 0) is 9.59 Å². The second-order valence-electron chi connectivity index (χ2n) is 9.08. The van der Waals surface area contributed by atoms with Crippen molar-refractivity contribution in [2.24, 2.45) is 11.8 Å². The third-order valence-corrected chi connectivity index (χ3v) is 6.26. The number of anilines is 1. The van der Waals surface area contributed by atoms with E-state index in [0.29, 0.717) is 35.2 Å². The Bertz CT molecular complexity index is 1240. The van der Waals surface area contributed by atoms with E-state index in [4.69, 9.17) is 9.26 Å². The lowest BCUT2D eigenvalue weighted by atomic mass is 9.90. The summed E-state index contributed by atoms with van der Waals surface area (Å²) in [6.45, 7) is 4.11. The molecule has 1 atom stereocenters. The number of aliphatic hydroxyl groups excluding tert-OH is 1. The van der Waals surface area contributed by atoms with Gasteiger partial charge in [-0.3, -0.25) is 14.5 Å². The summed E-state index contributed by atoms with van der Waals surface area (Å²) in [5, 5.41) is 14.8. The Morgan fingerprint density at radius 1 is 1.15 bits per heavy atom. The Morgan fingerprint density at radius 2 is 1.88 bits per heavy atom. The summed E-state index contributed by atoms with van der Waals surface area (Å²) in [5.74, 6) is -0.628. The number of carbonyl (C=O) groups is 2. The molecule has 3 aromatic rings. The Morgan fingerprint density at radius 3 is 2.53 bits per heavy atom. The molecule has 2 heterocycles. The highest BCUT2D eigenvalue weighted by Crippen LogP contribution is 2.45. The molecule has 1 aliphatic carbocycles. The number of nitrogens with zero attached hydrogens (tertiary/aromatic N) is 2. The van der Waals surface area contributed by atoms with Crippen molar-refractivity contribution in [2.45, 2.75) is 32.7 Å². The van der Waals surface area contributed by atoms with Gasteiger partial charge in [0.2, 0.25) is 0 Å². The molecule has 1 fully saturated rings. The first kappa shape index (κ1) is 21.9. The summed E-state index contributed by atoms with van der Waals surface area (Å²) in [5.41, 5.74) is 2.82. The van der Waals surface area contributed by atoms with E-state index in [-0.39, 0.29) is 17.3 Å². The lowest BCUT2D eigenvalue weighted by Gasteiger charge is -2.29. The van der Waals surface area contributed by atoms with Gasteiger partial charge in [-0.1, -0.05) is 49.3 Å². The summed E-state index contributed by atoms with van der Waals surface area (Å²) in [6.07, 6.45) is 3.78. The van der Waals surface area contributed by atoms with Crippen molar-refractivity contribution in [3.63, 3.8) is 0 Å². The van der Waals surface area contributed by atoms with Gasteiger partial charge in [0.15, 0.2) is 11.5 Å². The number of aliphatic hydroxyl groups is 1. The zero-order valence-corrected chi connectivity index (χ0v) is 19.1. The van der Waals surface area contributed by atoms with Gasteiger partial charge in [-0.2, -0.15) is 0 Å². The van der Waals surface area contributed by atoms with Crippen molar-refractivity contribution in [2.75, 3.05) is 11.5 Å². The molecule has 34 heavy (non-hydrogen) atoms. The van der Waals surface area contributed by atoms with Crippen LogP contribution in [0.25, 0.3) is 11.3 Å². The van der Waals surface area contributed by atoms with Crippen LogP contribution in [0, 0.1) is 11.8 Å². The molecule has 174 valence electrons. The van der Waals surface area contributed by atoms with Crippen molar-refractivity contribution in [3.05, 3.63) is 77.8 Å². The minimum absolute atomic E-state index is 0.100. The quantitative estimate of drug-likeness (QED) is 0.495. The Labute approximate surface area is 197 Å². The maximum atomic E-state index is 13.3. The molecule has 0 saturated heterocycles. The summed E-state index contributed by atoms with van der Waals surface area (Å²) < 4.78 is 11.0. The van der Waals surface area contributed by atoms with E-state index in [1.165, 1.54) is 11.2 Å². The number of hydrogen-bond donors (Lipinski definition) is 1. The second-order valence-corrected chi connectivity index (χ2v) is 9.08. The van der Waals surface area contributed by atoms with E-state index in [2.05, 4.69) is 5.16 Å². The summed E-state index contributed by atoms with van der Waals surface area (Å²) in [6, 6.07) is 15.6. The van der Waals surface area contributed by atoms with E-state index in [9.17, 15) is 14.7 Å². The van der Waals surface area contributed by atoms with E-state index >= 15 is 0 Å². The van der Waals surface area contributed by atoms with Crippen LogP contribution in [-0.4, -0.2) is 28.6 Å². The fourth-order valence-corrected chi connectivity index (χ4v) is 4.21. The Balaban J connectivity index is 1.58. The Hall–Kier alpha value is -3.87. The fraction of sp³-hybridized carbons (Fsp3) is 0.296. The molecule has 1 saturated carbocycles. The average Bonchev–Trinajstić information content (AvgIpc) is 3.44. The zero-order chi connectivity index (χ0) is 23.8. The maximum Gasteiger partial charge on any atom is 0.294 e. The van der Waals surface area contributed by atoms with Crippen LogP contribution >= 0.6 is 0 Å². The van der Waals surface area contributed by atoms with E-state index in [1.807, 2.05) is 36.4 Å². The van der Waals surface area contributed by atoms with Crippen LogP contribution < -0.4 is 9.64 Å². The van der Waals surface area contributed by atoms with Gasteiger partial charge in [0.1, 0.15) is 17.7 Å². The van der Waals surface area contributed by atoms with Gasteiger partial charge < -0.3 is 14.4 Å². The number of para-hydroxylation sites is 1. The number of aromatic nitrogens is 1. The molecule has 7 nitrogen and oxygen atoms in total. The number of ketones is 1. The molecular formula is C27H26N2O5. The average molecular weight is 459 g/mol. The molecular weight excluding hydrogens is 432 g/mol. The number of carbonyl (C=O) groups excluding carboxylic acids is 2. The Kier molecular flexibility index (Phi) is 5.69. The van der Waals surface area contributed by atoms with Gasteiger partial charge in [-0.25, -0.2) is 0 Å². The van der Waals surface area contributed by atoms with Gasteiger partial charge in [0, 0.05) is 28.8 Å². The number of ether oxygens (including phenoxy) is 1. The fourth-order valence-electron chi connectivity index (χ4n) is 4.21. The third kappa shape index (κ3) is 3.98. The molecule has 0 bridgehead atoms. The highest BCUT2D eigenvalue weighted by atomic mass is 16.5. The van der Waals surface area contributed by atoms with Crippen LogP contribution in [0.5, 0.6) is 5.75 Å². The molecule has 2 aromatic carbocycles. The summed E-state index contributed by atoms with van der Waals surface area (Å²) in [4.78, 5) is 28.0. The van der Waals surface area contributed by atoms with Crippen molar-refractivity contribution < 1.29 is 24.0 Å².